The van der Waals surface area contributed by atoms with Gasteiger partial charge in [-0.25, -0.2) is 44.3 Å². The molecule has 0 aliphatic heterocycles. The molecule has 0 aliphatic rings. The van der Waals surface area contributed by atoms with Crippen LogP contribution in [0.4, 0.5) is 27.7 Å². The number of carbonyl (C=O) groups excluding carboxylic acids is 4. The minimum atomic E-state index is -0.337. The molecule has 0 fully saturated rings. The molecule has 21 nitrogen and oxygen atoms in total. The van der Waals surface area contributed by atoms with E-state index in [4.69, 9.17) is 31.5 Å². The maximum absolute atomic E-state index is 13.1. The molecule has 16 rings (SSSR count). The average Bonchev–Trinajstić information content (AvgIpc) is 0.833. The highest BCUT2D eigenvalue weighted by Gasteiger charge is 2.20. The third-order valence-electron chi connectivity index (χ3n) is 21.2. The van der Waals surface area contributed by atoms with E-state index in [0.717, 1.165) is 114 Å². The van der Waals surface area contributed by atoms with Crippen molar-refractivity contribution in [3.8, 4) is 50.8 Å². The lowest BCUT2D eigenvalue weighted by molar-refractivity contribution is -0.116. The van der Waals surface area contributed by atoms with Crippen molar-refractivity contribution in [2.75, 3.05) is 21.3 Å². The molecular formula is C108H97BrClFN12O9. The Morgan fingerprint density at radius 3 is 0.735 bits per heavy atom. The first kappa shape index (κ1) is 94.8. The van der Waals surface area contributed by atoms with Gasteiger partial charge in [-0.05, 0) is 167 Å². The van der Waals surface area contributed by atoms with Crippen LogP contribution in [0.3, 0.4) is 0 Å². The molecule has 0 radical (unpaired) electrons. The van der Waals surface area contributed by atoms with E-state index in [2.05, 4.69) is 106 Å². The van der Waals surface area contributed by atoms with Crippen LogP contribution in [-0.2, 0) is 123 Å². The van der Waals surface area contributed by atoms with Gasteiger partial charge in [0.1, 0.15) is 11.6 Å². The summed E-state index contributed by atoms with van der Waals surface area (Å²) in [4.78, 5) is 88.1. The van der Waals surface area contributed by atoms with Gasteiger partial charge in [-0.15, -0.1) is 0 Å². The molecule has 16 aromatic rings. The number of amides is 4. The fourth-order valence-electron chi connectivity index (χ4n) is 14.0. The monoisotopic (exact) mass is 1840 g/mol. The Hall–Kier alpha value is -14.8. The van der Waals surface area contributed by atoms with Crippen molar-refractivity contribution < 1.29 is 49.1 Å². The topological polar surface area (TPSA) is 321 Å². The van der Waals surface area contributed by atoms with Gasteiger partial charge >= 0.3 is 0 Å². The van der Waals surface area contributed by atoms with Crippen molar-refractivity contribution in [3.05, 3.63) is 445 Å². The molecule has 4 amide bonds. The minimum absolute atomic E-state index is 0.00236. The normalized spacial score (nSPS) is 10.7. The van der Waals surface area contributed by atoms with Gasteiger partial charge in [0.05, 0.1) is 122 Å². The summed E-state index contributed by atoms with van der Waals surface area (Å²) in [6, 6.07) is 97.9. The molecule has 132 heavy (non-hydrogen) atoms. The van der Waals surface area contributed by atoms with Gasteiger partial charge in [0.25, 0.3) is 0 Å². The van der Waals surface area contributed by atoms with Gasteiger partial charge in [0.2, 0.25) is 23.6 Å². The Morgan fingerprint density at radius 2 is 0.492 bits per heavy atom. The van der Waals surface area contributed by atoms with Crippen LogP contribution in [0.15, 0.2) is 345 Å². The summed E-state index contributed by atoms with van der Waals surface area (Å²) in [5.41, 5.74) is 20.7. The highest BCUT2D eigenvalue weighted by atomic mass is 79.9. The molecule has 24 heteroatoms. The van der Waals surface area contributed by atoms with Crippen molar-refractivity contribution in [1.82, 2.24) is 39.9 Å². The number of halogens is 3. The molecule has 0 saturated carbocycles. The number of carbonyl (C=O) groups is 4. The Morgan fingerprint density at radius 1 is 0.273 bits per heavy atom. The lowest BCUT2D eigenvalue weighted by atomic mass is 10.1. The van der Waals surface area contributed by atoms with E-state index in [-0.39, 0.29) is 87.3 Å². The summed E-state index contributed by atoms with van der Waals surface area (Å²) in [6.45, 7) is -0.0436. The molecule has 0 unspecified atom stereocenters. The summed E-state index contributed by atoms with van der Waals surface area (Å²) in [5, 5.41) is 58.8. The van der Waals surface area contributed by atoms with Gasteiger partial charge in [-0.3, -0.25) is 19.2 Å². The number of aliphatic hydroxyl groups excluding tert-OH is 4. The number of nitrogens with zero attached hydrogens (tertiary/aromatic N) is 8. The fraction of sp³-hybridized carbons (Fsp3) is 0.148. The summed E-state index contributed by atoms with van der Waals surface area (Å²) in [6.07, 6.45) is 13.0. The second-order valence-electron chi connectivity index (χ2n) is 31.0. The summed E-state index contributed by atoms with van der Waals surface area (Å²) < 4.78 is 14.1. The number of anilines is 4. The van der Waals surface area contributed by atoms with Crippen molar-refractivity contribution >= 4 is 74.4 Å². The van der Waals surface area contributed by atoms with E-state index >= 15 is 0 Å². The van der Waals surface area contributed by atoms with E-state index in [1.807, 2.05) is 206 Å². The second-order valence-corrected chi connectivity index (χ2v) is 32.4. The number of hydrogen-bond donors (Lipinski definition) is 9. The van der Waals surface area contributed by atoms with Crippen LogP contribution in [0.2, 0.25) is 5.02 Å². The number of benzene rings is 12. The number of rotatable bonds is 32. The lowest BCUT2D eigenvalue weighted by Gasteiger charge is -2.12. The molecule has 0 spiro atoms. The molecule has 664 valence electrons. The lowest BCUT2D eigenvalue weighted by Crippen LogP contribution is -2.18. The Labute approximate surface area is 779 Å². The zero-order valence-electron chi connectivity index (χ0n) is 72.2. The third-order valence-corrected chi connectivity index (χ3v) is 22.0. The number of aromatic hydroxyl groups is 1. The quantitative estimate of drug-likeness (QED) is 0.0189. The number of hydrogen-bond acceptors (Lipinski definition) is 17. The zero-order chi connectivity index (χ0) is 92.2. The Kier molecular flexibility index (Phi) is 35.3. The summed E-state index contributed by atoms with van der Waals surface area (Å²) in [5.74, 6) is 0.934. The second kappa shape index (κ2) is 49.1. The predicted molar refractivity (Wildman–Crippen MR) is 518 cm³/mol. The molecule has 0 aliphatic carbocycles. The predicted octanol–water partition coefficient (Wildman–Crippen LogP) is 19.7. The van der Waals surface area contributed by atoms with Crippen molar-refractivity contribution in [2.45, 2.75) is 103 Å². The van der Waals surface area contributed by atoms with Gasteiger partial charge in [0.15, 0.2) is 23.3 Å². The first-order valence-corrected chi connectivity index (χ1v) is 44.2. The van der Waals surface area contributed by atoms with E-state index < -0.39 is 0 Å². The average molecular weight is 1840 g/mol. The van der Waals surface area contributed by atoms with Gasteiger partial charge in [-0.1, -0.05) is 294 Å². The van der Waals surface area contributed by atoms with E-state index in [1.54, 1.807) is 73.3 Å². The summed E-state index contributed by atoms with van der Waals surface area (Å²) in [7, 11) is 0. The van der Waals surface area contributed by atoms with Gasteiger partial charge < -0.3 is 46.8 Å². The maximum Gasteiger partial charge on any atom is 0.229 e. The molecule has 0 saturated heterocycles. The van der Waals surface area contributed by atoms with Crippen LogP contribution in [-0.4, -0.2) is 89.0 Å². The van der Waals surface area contributed by atoms with Gasteiger partial charge in [0, 0.05) is 31.7 Å². The SMILES string of the molecule is O=C(Cc1ccc(Br)cc1)Nc1ncc(-c2ccc(CO)cc2)nc1CCc1ccccc1.O=C(Cc1ccc(Cl)cc1)Nc1ncc(-c2ccc(CO)cc2)nc1CCc1ccccc1.O=C(Cc1ccc(F)cc1)Nc1ncc(-c2ccc(CO)cc2)nc1CCc1ccccc1.O=C(Cc1ccc(O)cc1)Nc1ncc(-c2ccc(CO)cc2)nc1CCc1ccccc1. The number of aromatic nitrogens is 8. The Balaban J connectivity index is 0.000000150. The number of phenols is 1. The Bertz CT molecular complexity index is 5630. The van der Waals surface area contributed by atoms with Crippen LogP contribution < -0.4 is 21.3 Å². The zero-order valence-corrected chi connectivity index (χ0v) is 74.6. The molecule has 12 aromatic carbocycles. The number of aliphatic hydroxyl groups is 4. The number of aryl methyl sites for hydroxylation is 8. The standard InChI is InChI=1S/C27H24BrN3O2.C27H24ClN3O2.C27H24FN3O2.C27H25N3O3/c3*28-23-13-8-20(9-14-23)16-26(33)31-27-24(15-10-19-4-2-1-3-5-19)30-25(17-29-27)22-11-6-21(18-32)7-12-22;31-18-21-6-11-22(12-7-21)25-17-28-27(24(29-25)15-10-19-4-2-1-3-5-19)30-26(33)16-20-8-13-23(32)14-9-20/h3*1-9,11-14,17,32H,10,15-16,18H2,(H,29,31,33);1-9,11-14,17,31-32H,10,15-16,18H2,(H,28,30,33). The molecule has 0 atom stereocenters. The van der Waals surface area contributed by atoms with Crippen molar-refractivity contribution in [3.63, 3.8) is 0 Å². The molecule has 4 aromatic heterocycles. The molecule has 9 N–H and O–H groups in total. The third kappa shape index (κ3) is 29.6. The highest BCUT2D eigenvalue weighted by molar-refractivity contribution is 9.10. The molecule has 0 bridgehead atoms. The fourth-order valence-corrected chi connectivity index (χ4v) is 14.4. The van der Waals surface area contributed by atoms with Gasteiger partial charge in [-0.2, -0.15) is 0 Å². The number of nitrogens with one attached hydrogen (secondary N) is 4. The smallest absolute Gasteiger partial charge is 0.229 e. The van der Waals surface area contributed by atoms with Crippen LogP contribution in [0.1, 0.15) is 89.5 Å². The van der Waals surface area contributed by atoms with Crippen molar-refractivity contribution in [1.29, 1.82) is 0 Å². The highest BCUT2D eigenvalue weighted by Crippen LogP contribution is 2.29. The van der Waals surface area contributed by atoms with E-state index in [1.165, 1.54) is 34.4 Å². The van der Waals surface area contributed by atoms with E-state index in [0.29, 0.717) is 82.3 Å². The van der Waals surface area contributed by atoms with Crippen LogP contribution in [0.5, 0.6) is 5.75 Å². The summed E-state index contributed by atoms with van der Waals surface area (Å²) >= 11 is 9.35. The van der Waals surface area contributed by atoms with Crippen LogP contribution in [0.25, 0.3) is 45.0 Å². The maximum atomic E-state index is 13.1. The molecular weight excluding hydrogens is 1740 g/mol. The van der Waals surface area contributed by atoms with Crippen molar-refractivity contribution in [2.24, 2.45) is 0 Å². The first-order valence-electron chi connectivity index (χ1n) is 43.0. The first-order chi connectivity index (χ1) is 64.4. The van der Waals surface area contributed by atoms with Crippen LogP contribution >= 0.6 is 27.5 Å². The largest absolute Gasteiger partial charge is 0.508 e. The minimum Gasteiger partial charge on any atom is -0.508 e. The van der Waals surface area contributed by atoms with Crippen LogP contribution in [0, 0.1) is 5.82 Å². The number of phenolic OH excluding ortho intramolecular Hbond substituents is 1. The molecule has 4 heterocycles. The van der Waals surface area contributed by atoms with E-state index in [9.17, 15) is 49.1 Å².